The standard InChI is InChI=1S/C16H25N5O2/c1-12-13(10-17-20(12)3)18-14(22)11-21-9-5-7-16(21)6-4-8-19(2)15(16)23/h10H,4-9,11H2,1-3H3,(H,18,22). The van der Waals surface area contributed by atoms with E-state index in [0.29, 0.717) is 0 Å². The van der Waals surface area contributed by atoms with E-state index in [0.717, 1.165) is 50.2 Å². The zero-order chi connectivity index (χ0) is 16.6. The molecule has 1 N–H and O–H groups in total. The number of nitrogens with one attached hydrogen (secondary N) is 1. The first-order valence-electron chi connectivity index (χ1n) is 8.23. The lowest BCUT2D eigenvalue weighted by Crippen LogP contribution is -2.60. The van der Waals surface area contributed by atoms with Gasteiger partial charge < -0.3 is 10.2 Å². The van der Waals surface area contributed by atoms with E-state index < -0.39 is 5.54 Å². The smallest absolute Gasteiger partial charge is 0.242 e. The highest BCUT2D eigenvalue weighted by atomic mass is 16.2. The van der Waals surface area contributed by atoms with Crippen LogP contribution in [0.4, 0.5) is 5.69 Å². The van der Waals surface area contributed by atoms with Crippen LogP contribution >= 0.6 is 0 Å². The van der Waals surface area contributed by atoms with E-state index in [-0.39, 0.29) is 18.4 Å². The first-order chi connectivity index (χ1) is 10.9. The molecule has 2 amide bonds. The predicted molar refractivity (Wildman–Crippen MR) is 87.0 cm³/mol. The van der Waals surface area contributed by atoms with Gasteiger partial charge in [-0.3, -0.25) is 19.2 Å². The summed E-state index contributed by atoms with van der Waals surface area (Å²) in [5.74, 6) is 0.0926. The van der Waals surface area contributed by atoms with Gasteiger partial charge in [-0.2, -0.15) is 5.10 Å². The number of anilines is 1. The maximum atomic E-state index is 12.7. The van der Waals surface area contributed by atoms with Crippen molar-refractivity contribution < 1.29 is 9.59 Å². The SMILES string of the molecule is Cc1c(NC(=O)CN2CCCC23CCCN(C)C3=O)cnn1C. The number of piperidine rings is 1. The molecule has 2 aliphatic rings. The average molecular weight is 319 g/mol. The van der Waals surface area contributed by atoms with Crippen LogP contribution in [0.5, 0.6) is 0 Å². The van der Waals surface area contributed by atoms with Crippen molar-refractivity contribution in [3.8, 4) is 0 Å². The van der Waals surface area contributed by atoms with Crippen molar-refractivity contribution in [3.63, 3.8) is 0 Å². The van der Waals surface area contributed by atoms with Crippen LogP contribution < -0.4 is 5.32 Å². The van der Waals surface area contributed by atoms with Gasteiger partial charge in [-0.05, 0) is 39.2 Å². The highest BCUT2D eigenvalue weighted by Crippen LogP contribution is 2.37. The maximum Gasteiger partial charge on any atom is 0.242 e. The summed E-state index contributed by atoms with van der Waals surface area (Å²) in [7, 11) is 3.70. The van der Waals surface area contributed by atoms with E-state index >= 15 is 0 Å². The fraction of sp³-hybridized carbons (Fsp3) is 0.688. The Bertz CT molecular complexity index is 626. The van der Waals surface area contributed by atoms with Crippen LogP contribution in [0.15, 0.2) is 6.20 Å². The molecule has 1 spiro atoms. The molecule has 126 valence electrons. The largest absolute Gasteiger partial charge is 0.344 e. The Hall–Kier alpha value is -1.89. The van der Waals surface area contributed by atoms with Crippen molar-refractivity contribution in [3.05, 3.63) is 11.9 Å². The van der Waals surface area contributed by atoms with Crippen molar-refractivity contribution in [1.82, 2.24) is 19.6 Å². The number of likely N-dealkylation sites (tertiary alicyclic amines) is 2. The lowest BCUT2D eigenvalue weighted by Gasteiger charge is -2.43. The van der Waals surface area contributed by atoms with Gasteiger partial charge in [0, 0.05) is 20.6 Å². The van der Waals surface area contributed by atoms with E-state index in [1.807, 2.05) is 25.9 Å². The lowest BCUT2D eigenvalue weighted by atomic mass is 9.85. The van der Waals surface area contributed by atoms with Gasteiger partial charge >= 0.3 is 0 Å². The molecule has 23 heavy (non-hydrogen) atoms. The highest BCUT2D eigenvalue weighted by Gasteiger charge is 2.50. The monoisotopic (exact) mass is 319 g/mol. The first kappa shape index (κ1) is 16.0. The average Bonchev–Trinajstić information content (AvgIpc) is 3.04. The summed E-state index contributed by atoms with van der Waals surface area (Å²) in [5, 5.41) is 7.05. The second-order valence-electron chi connectivity index (χ2n) is 6.70. The third-order valence-electron chi connectivity index (χ3n) is 5.30. The van der Waals surface area contributed by atoms with Gasteiger partial charge in [-0.15, -0.1) is 0 Å². The number of likely N-dealkylation sites (N-methyl/N-ethyl adjacent to an activating group) is 1. The molecule has 0 bridgehead atoms. The molecule has 1 aromatic heterocycles. The van der Waals surface area contributed by atoms with Crippen LogP contribution in [0, 0.1) is 6.92 Å². The van der Waals surface area contributed by atoms with Crippen LogP contribution in [-0.2, 0) is 16.6 Å². The highest BCUT2D eigenvalue weighted by molar-refractivity contribution is 5.94. The van der Waals surface area contributed by atoms with Crippen molar-refractivity contribution in [2.45, 2.75) is 38.1 Å². The zero-order valence-electron chi connectivity index (χ0n) is 14.1. The number of aryl methyl sites for hydroxylation is 1. The molecule has 0 aromatic carbocycles. The van der Waals surface area contributed by atoms with E-state index in [1.54, 1.807) is 10.9 Å². The molecule has 1 unspecified atom stereocenters. The summed E-state index contributed by atoms with van der Waals surface area (Å²) in [6.07, 6.45) is 5.35. The first-order valence-corrected chi connectivity index (χ1v) is 8.23. The van der Waals surface area contributed by atoms with Crippen molar-refractivity contribution in [2.75, 3.05) is 32.0 Å². The topological polar surface area (TPSA) is 70.5 Å². The summed E-state index contributed by atoms with van der Waals surface area (Å²) in [4.78, 5) is 29.0. The molecule has 0 aliphatic carbocycles. The van der Waals surface area contributed by atoms with E-state index in [9.17, 15) is 9.59 Å². The minimum atomic E-state index is -0.464. The van der Waals surface area contributed by atoms with Crippen LogP contribution in [0.1, 0.15) is 31.4 Å². The Morgan fingerprint density at radius 3 is 2.65 bits per heavy atom. The molecule has 3 heterocycles. The third kappa shape index (κ3) is 2.73. The number of nitrogens with zero attached hydrogens (tertiary/aromatic N) is 4. The van der Waals surface area contributed by atoms with Gasteiger partial charge in [0.05, 0.1) is 24.1 Å². The van der Waals surface area contributed by atoms with Crippen LogP contribution in [0.2, 0.25) is 0 Å². The summed E-state index contributed by atoms with van der Waals surface area (Å²) in [6.45, 7) is 3.79. The van der Waals surface area contributed by atoms with Gasteiger partial charge in [0.15, 0.2) is 0 Å². The van der Waals surface area contributed by atoms with Crippen LogP contribution in [-0.4, -0.2) is 63.6 Å². The maximum absolute atomic E-state index is 12.7. The predicted octanol–water partition coefficient (Wildman–Crippen LogP) is 0.754. The normalized spacial score (nSPS) is 25.3. The number of aromatic nitrogens is 2. The number of carbonyl (C=O) groups is 2. The van der Waals surface area contributed by atoms with Gasteiger partial charge in [0.2, 0.25) is 11.8 Å². The lowest BCUT2D eigenvalue weighted by molar-refractivity contribution is -0.146. The molecule has 2 saturated heterocycles. The quantitative estimate of drug-likeness (QED) is 0.893. The molecule has 7 heteroatoms. The van der Waals surface area contributed by atoms with Crippen molar-refractivity contribution in [1.29, 1.82) is 0 Å². The summed E-state index contributed by atoms with van der Waals surface area (Å²) < 4.78 is 1.73. The number of hydrogen-bond donors (Lipinski definition) is 1. The number of amides is 2. The molecule has 1 atom stereocenters. The van der Waals surface area contributed by atoms with Gasteiger partial charge in [-0.1, -0.05) is 0 Å². The van der Waals surface area contributed by atoms with E-state index in [4.69, 9.17) is 0 Å². The van der Waals surface area contributed by atoms with Crippen LogP contribution in [0.3, 0.4) is 0 Å². The Labute approximate surface area is 136 Å². The van der Waals surface area contributed by atoms with Crippen LogP contribution in [0.25, 0.3) is 0 Å². The molecule has 7 nitrogen and oxygen atoms in total. The Balaban J connectivity index is 1.70. The molecule has 3 rings (SSSR count). The Morgan fingerprint density at radius 1 is 1.30 bits per heavy atom. The molecule has 0 radical (unpaired) electrons. The number of hydrogen-bond acceptors (Lipinski definition) is 4. The van der Waals surface area contributed by atoms with Gasteiger partial charge in [0.25, 0.3) is 0 Å². The minimum Gasteiger partial charge on any atom is -0.344 e. The van der Waals surface area contributed by atoms with Crippen molar-refractivity contribution in [2.24, 2.45) is 7.05 Å². The second-order valence-corrected chi connectivity index (χ2v) is 6.70. The zero-order valence-corrected chi connectivity index (χ0v) is 14.1. The Kier molecular flexibility index (Phi) is 4.14. The summed E-state index contributed by atoms with van der Waals surface area (Å²) >= 11 is 0. The summed E-state index contributed by atoms with van der Waals surface area (Å²) in [6, 6.07) is 0. The van der Waals surface area contributed by atoms with E-state index in [2.05, 4.69) is 15.3 Å². The fourth-order valence-electron chi connectivity index (χ4n) is 3.85. The van der Waals surface area contributed by atoms with Gasteiger partial charge in [0.1, 0.15) is 5.54 Å². The van der Waals surface area contributed by atoms with Gasteiger partial charge in [-0.25, -0.2) is 0 Å². The van der Waals surface area contributed by atoms with E-state index in [1.165, 1.54) is 0 Å². The minimum absolute atomic E-state index is 0.0802. The number of rotatable bonds is 3. The fourth-order valence-corrected chi connectivity index (χ4v) is 3.85. The Morgan fingerprint density at radius 2 is 2.00 bits per heavy atom. The second kappa shape index (κ2) is 5.96. The molecule has 1 aromatic rings. The van der Waals surface area contributed by atoms with Crippen molar-refractivity contribution >= 4 is 17.5 Å². The molecule has 2 aliphatic heterocycles. The number of carbonyl (C=O) groups excluding carboxylic acids is 2. The molecular weight excluding hydrogens is 294 g/mol. The molecule has 0 saturated carbocycles. The third-order valence-corrected chi connectivity index (χ3v) is 5.30. The summed E-state index contributed by atoms with van der Waals surface area (Å²) in [5.41, 5.74) is 1.19. The molecule has 2 fully saturated rings. The molecular formula is C16H25N5O2.